The highest BCUT2D eigenvalue weighted by Gasteiger charge is 2.44. The van der Waals surface area contributed by atoms with Crippen LogP contribution >= 0.6 is 0 Å². The summed E-state index contributed by atoms with van der Waals surface area (Å²) >= 11 is 0. The maximum Gasteiger partial charge on any atom is 0.310 e. The van der Waals surface area contributed by atoms with E-state index in [-0.39, 0.29) is 0 Å². The third kappa shape index (κ3) is 1.65. The van der Waals surface area contributed by atoms with E-state index in [1.807, 2.05) is 0 Å². The van der Waals surface area contributed by atoms with Gasteiger partial charge in [-0.05, 0) is 18.8 Å². The van der Waals surface area contributed by atoms with Crippen molar-refractivity contribution in [2.24, 2.45) is 11.3 Å². The van der Waals surface area contributed by atoms with Gasteiger partial charge in [0.1, 0.15) is 0 Å². The van der Waals surface area contributed by atoms with Gasteiger partial charge in [-0.25, -0.2) is 0 Å². The van der Waals surface area contributed by atoms with E-state index in [1.54, 1.807) is 0 Å². The van der Waals surface area contributed by atoms with E-state index in [0.29, 0.717) is 0 Å². The molecule has 0 aromatic heterocycles. The Labute approximate surface area is 85.1 Å². The summed E-state index contributed by atoms with van der Waals surface area (Å²) in [5, 5.41) is 9.27. The lowest BCUT2D eigenvalue weighted by Gasteiger charge is -2.41. The summed E-state index contributed by atoms with van der Waals surface area (Å²) in [6.07, 6.45) is 3.95. The van der Waals surface area contributed by atoms with E-state index >= 15 is 0 Å². The Bertz CT molecular complexity index is 227. The van der Waals surface area contributed by atoms with Crippen molar-refractivity contribution in [1.82, 2.24) is 4.90 Å². The molecule has 3 nitrogen and oxygen atoms in total. The van der Waals surface area contributed by atoms with Crippen LogP contribution in [0.25, 0.3) is 0 Å². The molecule has 2 aliphatic rings. The molecule has 0 unspecified atom stereocenters. The topological polar surface area (TPSA) is 40.5 Å². The number of carboxylic acid groups (broad SMARTS) is 1. The fourth-order valence-electron chi connectivity index (χ4n) is 2.88. The summed E-state index contributed by atoms with van der Waals surface area (Å²) in [4.78, 5) is 13.5. The first-order valence-electron chi connectivity index (χ1n) is 5.58. The first-order chi connectivity index (χ1) is 6.62. The summed E-state index contributed by atoms with van der Waals surface area (Å²) < 4.78 is 0. The molecule has 80 valence electrons. The van der Waals surface area contributed by atoms with Gasteiger partial charge >= 0.3 is 5.97 Å². The molecule has 0 spiro atoms. The van der Waals surface area contributed by atoms with Crippen molar-refractivity contribution in [3.8, 4) is 0 Å². The molecular formula is C11H19NO2. The lowest BCUT2D eigenvalue weighted by Crippen LogP contribution is -2.51. The zero-order chi connectivity index (χ0) is 10.2. The summed E-state index contributed by atoms with van der Waals surface area (Å²) in [6, 6.07) is 0. The minimum absolute atomic E-state index is 0.403. The molecule has 1 saturated carbocycles. The van der Waals surface area contributed by atoms with Gasteiger partial charge in [0.05, 0.1) is 5.41 Å². The third-order valence-corrected chi connectivity index (χ3v) is 3.68. The minimum atomic E-state index is -0.574. The lowest BCUT2D eigenvalue weighted by atomic mass is 9.84. The molecule has 0 amide bonds. The quantitative estimate of drug-likeness (QED) is 0.746. The van der Waals surface area contributed by atoms with Crippen molar-refractivity contribution in [3.05, 3.63) is 0 Å². The zero-order valence-corrected chi connectivity index (χ0v) is 8.83. The van der Waals surface area contributed by atoms with E-state index in [2.05, 4.69) is 11.8 Å². The predicted octanol–water partition coefficient (Wildman–Crippen LogP) is 1.58. The van der Waals surface area contributed by atoms with Crippen LogP contribution in [0.3, 0.4) is 0 Å². The van der Waals surface area contributed by atoms with Crippen LogP contribution < -0.4 is 0 Å². The van der Waals surface area contributed by atoms with Crippen LogP contribution in [0.1, 0.15) is 32.6 Å². The highest BCUT2D eigenvalue weighted by Crippen LogP contribution is 2.40. The van der Waals surface area contributed by atoms with Crippen LogP contribution in [-0.2, 0) is 4.79 Å². The van der Waals surface area contributed by atoms with Crippen molar-refractivity contribution >= 4 is 5.97 Å². The SMILES string of the molecule is CC1CN(CC2(C(=O)O)CCCC2)C1. The van der Waals surface area contributed by atoms with E-state index < -0.39 is 11.4 Å². The van der Waals surface area contributed by atoms with Gasteiger partial charge in [-0.3, -0.25) is 4.79 Å². The van der Waals surface area contributed by atoms with Crippen LogP contribution in [0.2, 0.25) is 0 Å². The van der Waals surface area contributed by atoms with Crippen molar-refractivity contribution in [1.29, 1.82) is 0 Å². The van der Waals surface area contributed by atoms with Gasteiger partial charge in [0, 0.05) is 19.6 Å². The Hall–Kier alpha value is -0.570. The smallest absolute Gasteiger partial charge is 0.310 e. The molecule has 0 aromatic rings. The summed E-state index contributed by atoms with van der Waals surface area (Å²) in [5.41, 5.74) is -0.403. The van der Waals surface area contributed by atoms with Crippen LogP contribution in [0, 0.1) is 11.3 Å². The average molecular weight is 197 g/mol. The van der Waals surface area contributed by atoms with Crippen molar-refractivity contribution in [3.63, 3.8) is 0 Å². The van der Waals surface area contributed by atoms with Crippen LogP contribution in [0.4, 0.5) is 0 Å². The van der Waals surface area contributed by atoms with E-state index in [0.717, 1.165) is 51.2 Å². The van der Waals surface area contributed by atoms with Gasteiger partial charge in [0.15, 0.2) is 0 Å². The van der Waals surface area contributed by atoms with Gasteiger partial charge in [-0.2, -0.15) is 0 Å². The molecule has 14 heavy (non-hydrogen) atoms. The fraction of sp³-hybridized carbons (Fsp3) is 0.909. The zero-order valence-electron chi connectivity index (χ0n) is 8.83. The van der Waals surface area contributed by atoms with Gasteiger partial charge in [0.25, 0.3) is 0 Å². The number of hydrogen-bond acceptors (Lipinski definition) is 2. The van der Waals surface area contributed by atoms with Gasteiger partial charge < -0.3 is 10.0 Å². The molecule has 3 heteroatoms. The second-order valence-corrected chi connectivity index (χ2v) is 5.09. The summed E-state index contributed by atoms with van der Waals surface area (Å²) in [7, 11) is 0. The van der Waals surface area contributed by atoms with Gasteiger partial charge in [-0.1, -0.05) is 19.8 Å². The average Bonchev–Trinajstić information content (AvgIpc) is 2.51. The minimum Gasteiger partial charge on any atom is -0.481 e. The number of carboxylic acids is 1. The first-order valence-corrected chi connectivity index (χ1v) is 5.58. The molecule has 0 aromatic carbocycles. The second kappa shape index (κ2) is 3.54. The number of nitrogens with zero attached hydrogens (tertiary/aromatic N) is 1. The predicted molar refractivity (Wildman–Crippen MR) is 54.1 cm³/mol. The van der Waals surface area contributed by atoms with E-state index in [4.69, 9.17) is 0 Å². The summed E-state index contributed by atoms with van der Waals surface area (Å²) in [5.74, 6) is 0.191. The second-order valence-electron chi connectivity index (χ2n) is 5.09. The van der Waals surface area contributed by atoms with Gasteiger partial charge in [0.2, 0.25) is 0 Å². The Morgan fingerprint density at radius 1 is 1.43 bits per heavy atom. The Balaban J connectivity index is 1.94. The van der Waals surface area contributed by atoms with Crippen molar-refractivity contribution in [2.45, 2.75) is 32.6 Å². The van der Waals surface area contributed by atoms with Crippen LogP contribution in [0.5, 0.6) is 0 Å². The molecule has 0 bridgehead atoms. The molecule has 1 saturated heterocycles. The molecule has 2 rings (SSSR count). The van der Waals surface area contributed by atoms with E-state index in [1.165, 1.54) is 0 Å². The fourth-order valence-corrected chi connectivity index (χ4v) is 2.88. The highest BCUT2D eigenvalue weighted by atomic mass is 16.4. The largest absolute Gasteiger partial charge is 0.481 e. The molecule has 1 aliphatic carbocycles. The number of rotatable bonds is 3. The van der Waals surface area contributed by atoms with E-state index in [9.17, 15) is 9.90 Å². The summed E-state index contributed by atoms with van der Waals surface area (Å²) in [6.45, 7) is 5.19. The molecule has 1 aliphatic heterocycles. The van der Waals surface area contributed by atoms with Crippen LogP contribution in [-0.4, -0.2) is 35.6 Å². The Kier molecular flexibility index (Phi) is 2.52. The number of hydrogen-bond donors (Lipinski definition) is 1. The Morgan fingerprint density at radius 2 is 2.00 bits per heavy atom. The number of carbonyl (C=O) groups is 1. The third-order valence-electron chi connectivity index (χ3n) is 3.68. The molecule has 0 radical (unpaired) electrons. The monoisotopic (exact) mass is 197 g/mol. The molecule has 1 heterocycles. The van der Waals surface area contributed by atoms with Crippen LogP contribution in [0.15, 0.2) is 0 Å². The molecule has 2 fully saturated rings. The maximum absolute atomic E-state index is 11.3. The lowest BCUT2D eigenvalue weighted by molar-refractivity contribution is -0.151. The molecule has 1 N–H and O–H groups in total. The number of aliphatic carboxylic acids is 1. The normalized spacial score (nSPS) is 27.5. The maximum atomic E-state index is 11.3. The highest BCUT2D eigenvalue weighted by molar-refractivity contribution is 5.75. The van der Waals surface area contributed by atoms with Gasteiger partial charge in [-0.15, -0.1) is 0 Å². The van der Waals surface area contributed by atoms with Crippen molar-refractivity contribution in [2.75, 3.05) is 19.6 Å². The first kappa shape index (κ1) is 9.97. The molecular weight excluding hydrogens is 178 g/mol. The number of likely N-dealkylation sites (tertiary alicyclic amines) is 1. The Morgan fingerprint density at radius 3 is 2.43 bits per heavy atom. The van der Waals surface area contributed by atoms with Crippen molar-refractivity contribution < 1.29 is 9.90 Å². The standard InChI is InChI=1S/C11H19NO2/c1-9-6-12(7-9)8-11(10(13)14)4-2-3-5-11/h9H,2-8H2,1H3,(H,13,14). The molecule has 0 atom stereocenters.